The highest BCUT2D eigenvalue weighted by Gasteiger charge is 2.19. The molecule has 0 atom stereocenters. The van der Waals surface area contributed by atoms with E-state index in [2.05, 4.69) is 5.32 Å². The highest BCUT2D eigenvalue weighted by Crippen LogP contribution is 2.33. The molecule has 2 aromatic carbocycles. The van der Waals surface area contributed by atoms with Crippen molar-refractivity contribution >= 4 is 27.1 Å². The van der Waals surface area contributed by atoms with E-state index in [-0.39, 0.29) is 10.6 Å². The van der Waals surface area contributed by atoms with Crippen LogP contribution >= 0.6 is 0 Å². The highest BCUT2D eigenvalue weighted by atomic mass is 32.2. The van der Waals surface area contributed by atoms with Crippen LogP contribution in [0.4, 0.5) is 17.1 Å². The number of anilines is 2. The fraction of sp³-hybridized carbons (Fsp3) is 0.143. The Morgan fingerprint density at radius 2 is 1.67 bits per heavy atom. The van der Waals surface area contributed by atoms with Gasteiger partial charge in [-0.25, -0.2) is 13.6 Å². The maximum Gasteiger partial charge on any atom is 0.294 e. The van der Waals surface area contributed by atoms with E-state index >= 15 is 0 Å². The number of nitro groups is 1. The molecule has 9 nitrogen and oxygen atoms in total. The largest absolute Gasteiger partial charge is 0.497 e. The first-order chi connectivity index (χ1) is 11.2. The van der Waals surface area contributed by atoms with Gasteiger partial charge in [0, 0.05) is 30.0 Å². The van der Waals surface area contributed by atoms with Crippen molar-refractivity contribution in [3.8, 4) is 11.5 Å². The molecule has 10 heteroatoms. The second-order valence-electron chi connectivity index (χ2n) is 4.71. The van der Waals surface area contributed by atoms with Gasteiger partial charge in [-0.1, -0.05) is 0 Å². The van der Waals surface area contributed by atoms with E-state index in [0.29, 0.717) is 17.2 Å². The number of benzene rings is 2. The van der Waals surface area contributed by atoms with Crippen molar-refractivity contribution in [2.75, 3.05) is 19.5 Å². The predicted molar refractivity (Wildman–Crippen MR) is 87.3 cm³/mol. The third-order valence-electron chi connectivity index (χ3n) is 3.12. The minimum absolute atomic E-state index is 0.0997. The van der Waals surface area contributed by atoms with Gasteiger partial charge in [-0.3, -0.25) is 10.1 Å². The SMILES string of the molecule is COc1cc(Nc2ccc(S(N)(=O)=O)cc2[N+](=O)[O-])cc(OC)c1. The van der Waals surface area contributed by atoms with Crippen molar-refractivity contribution in [3.05, 3.63) is 46.5 Å². The first-order valence-corrected chi connectivity index (χ1v) is 8.10. The summed E-state index contributed by atoms with van der Waals surface area (Å²) in [5.41, 5.74) is 0.142. The summed E-state index contributed by atoms with van der Waals surface area (Å²) in [6, 6.07) is 8.21. The Balaban J connectivity index is 2.48. The predicted octanol–water partition coefficient (Wildman–Crippen LogP) is 2.00. The summed E-state index contributed by atoms with van der Waals surface area (Å²) in [6.07, 6.45) is 0. The normalized spacial score (nSPS) is 11.0. The molecule has 2 aromatic rings. The maximum atomic E-state index is 11.3. The number of ether oxygens (including phenoxy) is 2. The van der Waals surface area contributed by atoms with Crippen LogP contribution in [0.15, 0.2) is 41.3 Å². The molecule has 128 valence electrons. The van der Waals surface area contributed by atoms with E-state index in [1.807, 2.05) is 0 Å². The van der Waals surface area contributed by atoms with E-state index < -0.39 is 20.6 Å². The first kappa shape index (κ1) is 17.5. The summed E-state index contributed by atoms with van der Waals surface area (Å²) in [7, 11) is -1.09. The van der Waals surface area contributed by atoms with Gasteiger partial charge in [0.25, 0.3) is 5.69 Å². The number of hydrogen-bond donors (Lipinski definition) is 2. The second kappa shape index (κ2) is 6.72. The molecule has 0 radical (unpaired) electrons. The zero-order valence-corrected chi connectivity index (χ0v) is 13.7. The van der Waals surface area contributed by atoms with Gasteiger partial charge in [0.15, 0.2) is 0 Å². The van der Waals surface area contributed by atoms with Crippen molar-refractivity contribution in [2.24, 2.45) is 5.14 Å². The van der Waals surface area contributed by atoms with Gasteiger partial charge < -0.3 is 14.8 Å². The first-order valence-electron chi connectivity index (χ1n) is 6.56. The monoisotopic (exact) mass is 353 g/mol. The number of nitro benzene ring substituents is 1. The van der Waals surface area contributed by atoms with Gasteiger partial charge in [0.05, 0.1) is 24.0 Å². The van der Waals surface area contributed by atoms with Crippen molar-refractivity contribution in [2.45, 2.75) is 4.90 Å². The topological polar surface area (TPSA) is 134 Å². The second-order valence-corrected chi connectivity index (χ2v) is 6.27. The lowest BCUT2D eigenvalue weighted by Gasteiger charge is -2.11. The van der Waals surface area contributed by atoms with Gasteiger partial charge in [-0.05, 0) is 12.1 Å². The Bertz CT molecular complexity index is 860. The highest BCUT2D eigenvalue weighted by molar-refractivity contribution is 7.89. The lowest BCUT2D eigenvalue weighted by molar-refractivity contribution is -0.384. The van der Waals surface area contributed by atoms with Gasteiger partial charge >= 0.3 is 0 Å². The third kappa shape index (κ3) is 3.91. The van der Waals surface area contributed by atoms with E-state index in [4.69, 9.17) is 14.6 Å². The Morgan fingerprint density at radius 1 is 1.08 bits per heavy atom. The molecule has 0 fully saturated rings. The molecule has 0 aliphatic carbocycles. The molecule has 0 aliphatic heterocycles. The molecule has 0 aliphatic rings. The van der Waals surface area contributed by atoms with Gasteiger partial charge in [0.2, 0.25) is 10.0 Å². The number of sulfonamides is 1. The van der Waals surface area contributed by atoms with Crippen LogP contribution in [0.1, 0.15) is 0 Å². The van der Waals surface area contributed by atoms with Crippen LogP contribution in [0, 0.1) is 10.1 Å². The fourth-order valence-electron chi connectivity index (χ4n) is 1.98. The van der Waals surface area contributed by atoms with E-state index in [1.165, 1.54) is 26.4 Å². The molecule has 0 amide bonds. The molecule has 0 aromatic heterocycles. The Morgan fingerprint density at radius 3 is 2.12 bits per heavy atom. The molecule has 0 saturated carbocycles. The summed E-state index contributed by atoms with van der Waals surface area (Å²) in [4.78, 5) is 10.2. The summed E-state index contributed by atoms with van der Waals surface area (Å²) in [5.74, 6) is 0.973. The molecule has 0 saturated heterocycles. The number of methoxy groups -OCH3 is 2. The maximum absolute atomic E-state index is 11.3. The lowest BCUT2D eigenvalue weighted by atomic mass is 10.2. The fourth-order valence-corrected chi connectivity index (χ4v) is 2.51. The Hall–Kier alpha value is -2.85. The molecule has 0 heterocycles. The van der Waals surface area contributed by atoms with Crippen molar-refractivity contribution in [3.63, 3.8) is 0 Å². The lowest BCUT2D eigenvalue weighted by Crippen LogP contribution is -2.12. The van der Waals surface area contributed by atoms with Gasteiger partial charge in [0.1, 0.15) is 17.2 Å². The standard InChI is InChI=1S/C14H15N3O6S/c1-22-10-5-9(6-11(7-10)23-2)16-13-4-3-12(24(15,20)21)8-14(13)17(18)19/h3-8,16H,1-2H3,(H2,15,20,21). The number of rotatable bonds is 6. The smallest absolute Gasteiger partial charge is 0.294 e. The summed E-state index contributed by atoms with van der Waals surface area (Å²) < 4.78 is 32.9. The van der Waals surface area contributed by atoms with Crippen molar-refractivity contribution < 1.29 is 22.8 Å². The minimum atomic E-state index is -4.04. The van der Waals surface area contributed by atoms with Crippen LogP contribution in [0.2, 0.25) is 0 Å². The van der Waals surface area contributed by atoms with Crippen LogP contribution in [-0.2, 0) is 10.0 Å². The summed E-state index contributed by atoms with van der Waals surface area (Å²) >= 11 is 0. The molecule has 0 spiro atoms. The van der Waals surface area contributed by atoms with E-state index in [9.17, 15) is 18.5 Å². The van der Waals surface area contributed by atoms with E-state index in [0.717, 1.165) is 6.07 Å². The number of primary sulfonamides is 1. The summed E-state index contributed by atoms with van der Waals surface area (Å²) in [5, 5.41) is 19.1. The molecular formula is C14H15N3O6S. The molecule has 0 bridgehead atoms. The molecule has 2 rings (SSSR count). The number of nitrogens with one attached hydrogen (secondary N) is 1. The quantitative estimate of drug-likeness (QED) is 0.599. The third-order valence-corrected chi connectivity index (χ3v) is 4.04. The molecular weight excluding hydrogens is 338 g/mol. The van der Waals surface area contributed by atoms with Crippen LogP contribution < -0.4 is 19.9 Å². The number of nitrogens with zero attached hydrogens (tertiary/aromatic N) is 1. The van der Waals surface area contributed by atoms with Crippen molar-refractivity contribution in [1.82, 2.24) is 0 Å². The van der Waals surface area contributed by atoms with Gasteiger partial charge in [-0.15, -0.1) is 0 Å². The van der Waals surface area contributed by atoms with Crippen molar-refractivity contribution in [1.29, 1.82) is 0 Å². The van der Waals surface area contributed by atoms with Crippen LogP contribution in [0.5, 0.6) is 11.5 Å². The van der Waals surface area contributed by atoms with Gasteiger partial charge in [-0.2, -0.15) is 0 Å². The zero-order chi connectivity index (χ0) is 17.9. The minimum Gasteiger partial charge on any atom is -0.497 e. The Kier molecular flexibility index (Phi) is 4.90. The number of hydrogen-bond acceptors (Lipinski definition) is 7. The van der Waals surface area contributed by atoms with Crippen LogP contribution in [0.3, 0.4) is 0 Å². The molecule has 24 heavy (non-hydrogen) atoms. The average Bonchev–Trinajstić information content (AvgIpc) is 2.53. The molecule has 3 N–H and O–H groups in total. The Labute approximate surface area is 138 Å². The van der Waals surface area contributed by atoms with E-state index in [1.54, 1.807) is 18.2 Å². The number of nitrogens with two attached hydrogens (primary N) is 1. The van der Waals surface area contributed by atoms with Crippen LogP contribution in [-0.4, -0.2) is 27.6 Å². The summed E-state index contributed by atoms with van der Waals surface area (Å²) in [6.45, 7) is 0. The zero-order valence-electron chi connectivity index (χ0n) is 12.8. The average molecular weight is 353 g/mol. The van der Waals surface area contributed by atoms with Crippen LogP contribution in [0.25, 0.3) is 0 Å². The molecule has 0 unspecified atom stereocenters.